The maximum atomic E-state index is 11.5. The van der Waals surface area contributed by atoms with Crippen LogP contribution in [-0.2, 0) is 5.41 Å². The van der Waals surface area contributed by atoms with E-state index in [-0.39, 0.29) is 11.4 Å². The van der Waals surface area contributed by atoms with Gasteiger partial charge in [0, 0.05) is 18.2 Å². The quantitative estimate of drug-likeness (QED) is 0.613. The number of anilines is 2. The lowest BCUT2D eigenvalue weighted by Gasteiger charge is -2.19. The van der Waals surface area contributed by atoms with E-state index in [1.54, 1.807) is 20.8 Å². The van der Waals surface area contributed by atoms with E-state index < -0.39 is 37.2 Å². The van der Waals surface area contributed by atoms with Gasteiger partial charge in [-0.3, -0.25) is 30.3 Å². The van der Waals surface area contributed by atoms with Crippen molar-refractivity contribution in [3.63, 3.8) is 0 Å². The maximum Gasteiger partial charge on any atom is 0.300 e. The molecule has 2 aromatic rings. The van der Waals surface area contributed by atoms with E-state index in [2.05, 4.69) is 5.32 Å². The third kappa shape index (κ3) is 3.74. The summed E-state index contributed by atoms with van der Waals surface area (Å²) in [6, 6.07) is 7.91. The van der Waals surface area contributed by atoms with Crippen LogP contribution in [0.3, 0.4) is 0 Å². The highest BCUT2D eigenvalue weighted by atomic mass is 16.6. The number of nitro benzene ring substituents is 3. The zero-order valence-corrected chi connectivity index (χ0v) is 14.3. The van der Waals surface area contributed by atoms with Crippen LogP contribution in [0.1, 0.15) is 26.3 Å². The van der Waals surface area contributed by atoms with E-state index in [9.17, 15) is 30.3 Å². The predicted octanol–water partition coefficient (Wildman–Crippen LogP) is 4.45. The number of para-hydroxylation sites is 2. The number of rotatable bonds is 5. The number of nitrogens with one attached hydrogen (secondary N) is 1. The van der Waals surface area contributed by atoms with E-state index in [1.807, 2.05) is 0 Å². The summed E-state index contributed by atoms with van der Waals surface area (Å²) < 4.78 is 0. The fourth-order valence-corrected chi connectivity index (χ4v) is 2.33. The van der Waals surface area contributed by atoms with E-state index >= 15 is 0 Å². The van der Waals surface area contributed by atoms with Gasteiger partial charge in [-0.2, -0.15) is 0 Å². The van der Waals surface area contributed by atoms with E-state index in [0.29, 0.717) is 5.56 Å². The smallest absolute Gasteiger partial charge is 0.300 e. The summed E-state index contributed by atoms with van der Waals surface area (Å²) in [5, 5.41) is 36.6. The fraction of sp³-hybridized carbons (Fsp3) is 0.250. The van der Waals surface area contributed by atoms with Crippen molar-refractivity contribution in [2.45, 2.75) is 26.2 Å². The zero-order chi connectivity index (χ0) is 19.6. The average Bonchev–Trinajstić information content (AvgIpc) is 2.53. The van der Waals surface area contributed by atoms with Gasteiger partial charge in [0.15, 0.2) is 5.69 Å². The molecule has 26 heavy (non-hydrogen) atoms. The minimum Gasteiger partial charge on any atom is -0.339 e. The molecule has 0 saturated heterocycles. The Morgan fingerprint density at radius 2 is 1.27 bits per heavy atom. The second kappa shape index (κ2) is 6.75. The normalized spacial score (nSPS) is 11.0. The largest absolute Gasteiger partial charge is 0.339 e. The van der Waals surface area contributed by atoms with Gasteiger partial charge in [0.05, 0.1) is 14.8 Å². The SMILES string of the molecule is CC(C)(C)c1cc([N+](=O)[O-])c(Nc2ccccc2[N+](=O)[O-])c([N+](=O)[O-])c1. The lowest BCUT2D eigenvalue weighted by atomic mass is 9.86. The van der Waals surface area contributed by atoms with Gasteiger partial charge in [0.2, 0.25) is 0 Å². The molecule has 0 aromatic heterocycles. The molecular formula is C16H16N4O6. The van der Waals surface area contributed by atoms with Crippen LogP contribution in [0.15, 0.2) is 36.4 Å². The number of nitro groups is 3. The maximum absolute atomic E-state index is 11.5. The van der Waals surface area contributed by atoms with Crippen molar-refractivity contribution in [2.24, 2.45) is 0 Å². The molecule has 0 radical (unpaired) electrons. The fourth-order valence-electron chi connectivity index (χ4n) is 2.33. The summed E-state index contributed by atoms with van der Waals surface area (Å²) in [5.74, 6) is 0. The molecule has 1 N–H and O–H groups in total. The third-order valence-electron chi connectivity index (χ3n) is 3.72. The molecule has 0 unspecified atom stereocenters. The second-order valence-electron chi connectivity index (χ2n) is 6.55. The number of benzene rings is 2. The van der Waals surface area contributed by atoms with E-state index in [4.69, 9.17) is 0 Å². The van der Waals surface area contributed by atoms with Gasteiger partial charge < -0.3 is 5.32 Å². The van der Waals surface area contributed by atoms with Gasteiger partial charge in [0.25, 0.3) is 17.1 Å². The van der Waals surface area contributed by atoms with Crippen LogP contribution in [-0.4, -0.2) is 14.8 Å². The second-order valence-corrected chi connectivity index (χ2v) is 6.55. The first-order valence-corrected chi connectivity index (χ1v) is 7.50. The van der Waals surface area contributed by atoms with Gasteiger partial charge in [-0.15, -0.1) is 0 Å². The predicted molar refractivity (Wildman–Crippen MR) is 94.8 cm³/mol. The molecular weight excluding hydrogens is 344 g/mol. The molecule has 0 spiro atoms. The van der Waals surface area contributed by atoms with Crippen molar-refractivity contribution in [2.75, 3.05) is 5.32 Å². The van der Waals surface area contributed by atoms with Gasteiger partial charge in [-0.1, -0.05) is 32.9 Å². The van der Waals surface area contributed by atoms with Crippen molar-refractivity contribution < 1.29 is 14.8 Å². The zero-order valence-electron chi connectivity index (χ0n) is 14.3. The molecule has 0 atom stereocenters. The van der Waals surface area contributed by atoms with Crippen LogP contribution >= 0.6 is 0 Å². The summed E-state index contributed by atoms with van der Waals surface area (Å²) in [4.78, 5) is 31.9. The minimum atomic E-state index is -0.751. The van der Waals surface area contributed by atoms with Crippen LogP contribution in [0, 0.1) is 30.3 Å². The summed E-state index contributed by atoms with van der Waals surface area (Å²) in [5.41, 5.74) is -2.04. The molecule has 0 aliphatic carbocycles. The standard InChI is InChI=1S/C16H16N4O6/c1-16(2,3)10-8-13(19(23)24)15(14(9-10)20(25)26)17-11-6-4-5-7-12(11)18(21)22/h4-9,17H,1-3H3. The first-order valence-electron chi connectivity index (χ1n) is 7.50. The summed E-state index contributed by atoms with van der Waals surface area (Å²) in [6.45, 7) is 5.31. The molecule has 0 aliphatic heterocycles. The number of hydrogen-bond donors (Lipinski definition) is 1. The molecule has 136 valence electrons. The van der Waals surface area contributed by atoms with Crippen molar-refractivity contribution in [1.82, 2.24) is 0 Å². The highest BCUT2D eigenvalue weighted by Crippen LogP contribution is 2.42. The van der Waals surface area contributed by atoms with Gasteiger partial charge in [0.1, 0.15) is 5.69 Å². The molecule has 0 fully saturated rings. The van der Waals surface area contributed by atoms with Crippen LogP contribution < -0.4 is 5.32 Å². The summed E-state index contributed by atoms with van der Waals surface area (Å²) >= 11 is 0. The molecule has 10 heteroatoms. The Hall–Kier alpha value is -3.56. The summed E-state index contributed by atoms with van der Waals surface area (Å²) in [7, 11) is 0. The highest BCUT2D eigenvalue weighted by molar-refractivity contribution is 5.82. The van der Waals surface area contributed by atoms with Crippen molar-refractivity contribution in [3.8, 4) is 0 Å². The van der Waals surface area contributed by atoms with Crippen molar-refractivity contribution in [3.05, 3.63) is 72.3 Å². The molecule has 10 nitrogen and oxygen atoms in total. The molecule has 0 amide bonds. The minimum absolute atomic E-state index is 0.0767. The van der Waals surface area contributed by atoms with Gasteiger partial charge >= 0.3 is 0 Å². The van der Waals surface area contributed by atoms with Crippen LogP contribution in [0.25, 0.3) is 0 Å². The summed E-state index contributed by atoms with van der Waals surface area (Å²) in [6.07, 6.45) is 0. The topological polar surface area (TPSA) is 141 Å². The highest BCUT2D eigenvalue weighted by Gasteiger charge is 2.31. The third-order valence-corrected chi connectivity index (χ3v) is 3.72. The van der Waals surface area contributed by atoms with Gasteiger partial charge in [-0.05, 0) is 17.0 Å². The number of hydrogen-bond acceptors (Lipinski definition) is 7. The average molecular weight is 360 g/mol. The first-order chi connectivity index (χ1) is 12.0. The van der Waals surface area contributed by atoms with Crippen LogP contribution in [0.5, 0.6) is 0 Å². The molecule has 0 aliphatic rings. The number of nitrogens with zero attached hydrogens (tertiary/aromatic N) is 3. The Bertz CT molecular complexity index is 869. The lowest BCUT2D eigenvalue weighted by Crippen LogP contribution is -2.13. The Balaban J connectivity index is 2.73. The molecule has 0 saturated carbocycles. The van der Waals surface area contributed by atoms with Crippen molar-refractivity contribution >= 4 is 28.4 Å². The van der Waals surface area contributed by atoms with Gasteiger partial charge in [-0.25, -0.2) is 0 Å². The Morgan fingerprint density at radius 3 is 1.69 bits per heavy atom. The lowest BCUT2D eigenvalue weighted by molar-refractivity contribution is -0.392. The van der Waals surface area contributed by atoms with Crippen molar-refractivity contribution in [1.29, 1.82) is 0 Å². The molecule has 2 rings (SSSR count). The molecule has 2 aromatic carbocycles. The monoisotopic (exact) mass is 360 g/mol. The first kappa shape index (κ1) is 18.8. The Labute approximate surface area is 147 Å². The van der Waals surface area contributed by atoms with Crippen LogP contribution in [0.4, 0.5) is 28.4 Å². The Kier molecular flexibility index (Phi) is 4.87. The molecule has 0 heterocycles. The van der Waals surface area contributed by atoms with E-state index in [0.717, 1.165) is 0 Å². The van der Waals surface area contributed by atoms with E-state index in [1.165, 1.54) is 36.4 Å². The van der Waals surface area contributed by atoms with Crippen LogP contribution in [0.2, 0.25) is 0 Å². The Morgan fingerprint density at radius 1 is 0.808 bits per heavy atom. The molecule has 0 bridgehead atoms.